The van der Waals surface area contributed by atoms with Crippen molar-refractivity contribution >= 4 is 34.2 Å². The average Bonchev–Trinajstić information content (AvgIpc) is 2.52. The zero-order valence-corrected chi connectivity index (χ0v) is 16.7. The second kappa shape index (κ2) is 10.5. The maximum absolute atomic E-state index is 6.35. The highest BCUT2D eigenvalue weighted by Crippen LogP contribution is 2.28. The summed E-state index contributed by atoms with van der Waals surface area (Å²) in [7, 11) is 0. The van der Waals surface area contributed by atoms with Crippen LogP contribution in [0.2, 0.25) is 5.02 Å². The zero-order valence-electron chi connectivity index (χ0n) is 13.8. The molecule has 1 nitrogen and oxygen atoms in total. The molecule has 0 amide bonds. The van der Waals surface area contributed by atoms with Crippen LogP contribution < -0.4 is 0 Å². The molecule has 0 aliphatic heterocycles. The number of unbranched alkanes of at least 4 members (excludes halogenated alkanes) is 2. The minimum Gasteiger partial charge on any atom is -0.303 e. The van der Waals surface area contributed by atoms with Crippen LogP contribution in [0.5, 0.6) is 0 Å². The SMILES string of the molecule is C#CC[N+](CCCC)(CCCC)C(I)Cc1ccccc1Cl. The van der Waals surface area contributed by atoms with Gasteiger partial charge in [0.05, 0.1) is 13.1 Å². The van der Waals surface area contributed by atoms with Crippen LogP contribution in [0.25, 0.3) is 0 Å². The van der Waals surface area contributed by atoms with Crippen LogP contribution in [0.1, 0.15) is 45.1 Å². The van der Waals surface area contributed by atoms with Gasteiger partial charge in [-0.1, -0.05) is 56.5 Å². The Bertz CT molecular complexity index is 473. The molecular formula is C19H28ClIN+. The Labute approximate surface area is 155 Å². The highest BCUT2D eigenvalue weighted by molar-refractivity contribution is 14.1. The monoisotopic (exact) mass is 432 g/mol. The fourth-order valence-electron chi connectivity index (χ4n) is 2.82. The van der Waals surface area contributed by atoms with Crippen LogP contribution in [-0.2, 0) is 6.42 Å². The van der Waals surface area contributed by atoms with Crippen LogP contribution >= 0.6 is 34.2 Å². The van der Waals surface area contributed by atoms with Crippen LogP contribution in [-0.4, -0.2) is 28.2 Å². The molecule has 22 heavy (non-hydrogen) atoms. The summed E-state index contributed by atoms with van der Waals surface area (Å²) in [6.45, 7) is 7.65. The van der Waals surface area contributed by atoms with E-state index in [2.05, 4.69) is 54.5 Å². The average molecular weight is 433 g/mol. The molecule has 1 unspecified atom stereocenters. The standard InChI is InChI=1S/C19H28ClIN/c1-4-7-14-22(13-6-3,15-8-5-2)19(21)16-17-11-9-10-12-18(17)20/h3,9-12,19H,4-5,7-8,13-16H2,1-2H3/q+1. The van der Waals surface area contributed by atoms with Crippen molar-refractivity contribution in [2.75, 3.05) is 19.6 Å². The molecule has 0 aliphatic rings. The highest BCUT2D eigenvalue weighted by Gasteiger charge is 2.33. The topological polar surface area (TPSA) is 0 Å². The van der Waals surface area contributed by atoms with Crippen LogP contribution in [0.3, 0.4) is 0 Å². The van der Waals surface area contributed by atoms with Crippen LogP contribution in [0.15, 0.2) is 24.3 Å². The fraction of sp³-hybridized carbons (Fsp3) is 0.579. The predicted octanol–water partition coefficient (Wildman–Crippen LogP) is 5.69. The molecule has 0 bridgehead atoms. The van der Waals surface area contributed by atoms with Gasteiger partial charge >= 0.3 is 0 Å². The lowest BCUT2D eigenvalue weighted by atomic mass is 10.1. The normalized spacial score (nSPS) is 12.9. The molecule has 1 aromatic rings. The lowest BCUT2D eigenvalue weighted by Gasteiger charge is -2.41. The molecule has 0 N–H and O–H groups in total. The molecule has 1 rings (SSSR count). The molecule has 0 spiro atoms. The maximum atomic E-state index is 6.35. The van der Waals surface area contributed by atoms with Gasteiger partial charge in [0.25, 0.3) is 0 Å². The Kier molecular flexibility index (Phi) is 9.47. The van der Waals surface area contributed by atoms with Gasteiger partial charge in [-0.05, 0) is 53.0 Å². The number of halogens is 2. The second-order valence-electron chi connectivity index (χ2n) is 5.97. The van der Waals surface area contributed by atoms with Crippen molar-refractivity contribution in [3.8, 4) is 12.3 Å². The first-order valence-corrected chi connectivity index (χ1v) is 9.88. The molecule has 0 heterocycles. The van der Waals surface area contributed by atoms with Crippen molar-refractivity contribution in [2.24, 2.45) is 0 Å². The molecule has 0 aromatic heterocycles. The Balaban J connectivity index is 2.96. The van der Waals surface area contributed by atoms with E-state index in [1.165, 1.54) is 44.3 Å². The third-order valence-corrected chi connectivity index (χ3v) is 6.25. The molecule has 1 aromatic carbocycles. The summed E-state index contributed by atoms with van der Waals surface area (Å²) in [4.78, 5) is 0. The predicted molar refractivity (Wildman–Crippen MR) is 106 cm³/mol. The summed E-state index contributed by atoms with van der Waals surface area (Å²) in [6.07, 6.45) is 11.6. The van der Waals surface area contributed by atoms with Gasteiger partial charge in [-0.3, -0.25) is 0 Å². The van der Waals surface area contributed by atoms with E-state index in [0.29, 0.717) is 4.05 Å². The number of terminal acetylenes is 1. The van der Waals surface area contributed by atoms with Crippen molar-refractivity contribution < 1.29 is 4.48 Å². The Morgan fingerprint density at radius 2 is 1.77 bits per heavy atom. The Morgan fingerprint density at radius 1 is 1.18 bits per heavy atom. The van der Waals surface area contributed by atoms with Crippen LogP contribution in [0, 0.1) is 12.3 Å². The lowest BCUT2D eigenvalue weighted by Crippen LogP contribution is -2.55. The summed E-state index contributed by atoms with van der Waals surface area (Å²) in [5.74, 6) is 2.94. The van der Waals surface area contributed by atoms with Crippen molar-refractivity contribution in [1.29, 1.82) is 0 Å². The second-order valence-corrected chi connectivity index (χ2v) is 7.81. The summed E-state index contributed by atoms with van der Waals surface area (Å²) in [6, 6.07) is 8.18. The summed E-state index contributed by atoms with van der Waals surface area (Å²) in [5.41, 5.74) is 1.23. The molecular weight excluding hydrogens is 405 g/mol. The number of nitrogens with zero attached hydrogens (tertiary/aromatic N) is 1. The van der Waals surface area contributed by atoms with Gasteiger partial charge in [-0.2, -0.15) is 0 Å². The molecule has 0 saturated heterocycles. The molecule has 122 valence electrons. The van der Waals surface area contributed by atoms with E-state index in [0.717, 1.165) is 22.5 Å². The van der Waals surface area contributed by atoms with Gasteiger partial charge in [0.15, 0.2) is 0 Å². The molecule has 0 radical (unpaired) electrons. The minimum atomic E-state index is 0.464. The lowest BCUT2D eigenvalue weighted by molar-refractivity contribution is -0.927. The van der Waals surface area contributed by atoms with Crippen molar-refractivity contribution in [3.63, 3.8) is 0 Å². The third-order valence-electron chi connectivity index (χ3n) is 4.26. The minimum absolute atomic E-state index is 0.464. The Morgan fingerprint density at radius 3 is 2.27 bits per heavy atom. The molecule has 0 fully saturated rings. The Hall–Kier alpha value is -0.240. The highest BCUT2D eigenvalue weighted by atomic mass is 127. The molecule has 1 atom stereocenters. The van der Waals surface area contributed by atoms with E-state index in [-0.39, 0.29) is 0 Å². The van der Waals surface area contributed by atoms with Crippen molar-refractivity contribution in [2.45, 2.75) is 50.0 Å². The summed E-state index contributed by atoms with van der Waals surface area (Å²) >= 11 is 8.95. The van der Waals surface area contributed by atoms with E-state index < -0.39 is 0 Å². The molecule has 0 aliphatic carbocycles. The number of hydrogen-bond acceptors (Lipinski definition) is 0. The largest absolute Gasteiger partial charge is 0.303 e. The van der Waals surface area contributed by atoms with Gasteiger partial charge in [0.1, 0.15) is 10.6 Å². The maximum Gasteiger partial charge on any atom is 0.144 e. The van der Waals surface area contributed by atoms with Gasteiger partial charge < -0.3 is 4.48 Å². The summed E-state index contributed by atoms with van der Waals surface area (Å²) in [5, 5.41) is 0.869. The van der Waals surface area contributed by atoms with E-state index in [9.17, 15) is 0 Å². The first-order valence-electron chi connectivity index (χ1n) is 8.26. The van der Waals surface area contributed by atoms with Gasteiger partial charge in [0.2, 0.25) is 0 Å². The third kappa shape index (κ3) is 5.76. The van der Waals surface area contributed by atoms with Gasteiger partial charge in [0, 0.05) is 11.4 Å². The fourth-order valence-corrected chi connectivity index (χ4v) is 4.26. The van der Waals surface area contributed by atoms with E-state index in [1.54, 1.807) is 0 Å². The molecule has 0 saturated carbocycles. The van der Waals surface area contributed by atoms with Crippen molar-refractivity contribution in [3.05, 3.63) is 34.9 Å². The number of alkyl halides is 1. The van der Waals surface area contributed by atoms with Gasteiger partial charge in [-0.15, -0.1) is 6.42 Å². The van der Waals surface area contributed by atoms with Crippen LogP contribution in [0.4, 0.5) is 0 Å². The number of benzene rings is 1. The zero-order chi connectivity index (χ0) is 16.4. The summed E-state index contributed by atoms with van der Waals surface area (Å²) < 4.78 is 1.48. The van der Waals surface area contributed by atoms with Crippen molar-refractivity contribution in [1.82, 2.24) is 0 Å². The van der Waals surface area contributed by atoms with E-state index in [1.807, 2.05) is 12.1 Å². The van der Waals surface area contributed by atoms with E-state index in [4.69, 9.17) is 18.0 Å². The van der Waals surface area contributed by atoms with E-state index >= 15 is 0 Å². The quantitative estimate of drug-likeness (QED) is 0.146. The number of quaternary nitrogens is 1. The first kappa shape index (κ1) is 19.8. The number of hydrogen-bond donors (Lipinski definition) is 0. The smallest absolute Gasteiger partial charge is 0.144 e. The van der Waals surface area contributed by atoms with Gasteiger partial charge in [-0.25, -0.2) is 0 Å². The molecule has 3 heteroatoms. The number of rotatable bonds is 10. The first-order chi connectivity index (χ1) is 10.6.